The largest absolute Gasteiger partial charge is 0.490 e. The topological polar surface area (TPSA) is 96.2 Å². The van der Waals surface area contributed by atoms with Crippen molar-refractivity contribution in [3.63, 3.8) is 0 Å². The Morgan fingerprint density at radius 1 is 1.42 bits per heavy atom. The lowest BCUT2D eigenvalue weighted by Crippen LogP contribution is -2.15. The molecule has 6 heteroatoms. The number of carbonyl (C=O) groups is 1. The molecule has 1 amide bonds. The fraction of sp³-hybridized carbons (Fsp3) is 0.231. The third-order valence-corrected chi connectivity index (χ3v) is 2.84. The Labute approximate surface area is 111 Å². The molecule has 1 aromatic carbocycles. The van der Waals surface area contributed by atoms with Crippen molar-refractivity contribution >= 4 is 11.6 Å². The standard InChI is InChI=1S/C13H16N4O2/c1-17-9(5-7-16-17)6-8-19-12-10(13(15)18)3-2-4-11(12)14/h2-5,7H,6,8,14H2,1H3,(H2,15,18). The zero-order chi connectivity index (χ0) is 13.8. The first-order valence-corrected chi connectivity index (χ1v) is 5.87. The summed E-state index contributed by atoms with van der Waals surface area (Å²) in [6, 6.07) is 6.85. The van der Waals surface area contributed by atoms with E-state index in [9.17, 15) is 4.79 Å². The molecule has 0 atom stereocenters. The highest BCUT2D eigenvalue weighted by Crippen LogP contribution is 2.26. The molecule has 6 nitrogen and oxygen atoms in total. The van der Waals surface area contributed by atoms with Gasteiger partial charge in [0.15, 0.2) is 5.75 Å². The van der Waals surface area contributed by atoms with Crippen LogP contribution in [0, 0.1) is 0 Å². The van der Waals surface area contributed by atoms with Gasteiger partial charge in [-0.1, -0.05) is 6.07 Å². The van der Waals surface area contributed by atoms with Crippen LogP contribution in [0.25, 0.3) is 0 Å². The normalized spacial score (nSPS) is 10.4. The maximum atomic E-state index is 11.3. The van der Waals surface area contributed by atoms with Gasteiger partial charge in [-0.3, -0.25) is 9.48 Å². The molecule has 2 rings (SSSR count). The summed E-state index contributed by atoms with van der Waals surface area (Å²) in [6.07, 6.45) is 2.39. The van der Waals surface area contributed by atoms with Gasteiger partial charge in [0.2, 0.25) is 0 Å². The van der Waals surface area contributed by atoms with Crippen LogP contribution in [0.5, 0.6) is 5.75 Å². The number of nitrogens with zero attached hydrogens (tertiary/aromatic N) is 2. The predicted octanol–water partition coefficient (Wildman–Crippen LogP) is 0.723. The second kappa shape index (κ2) is 5.43. The second-order valence-electron chi connectivity index (χ2n) is 4.13. The number of aryl methyl sites for hydroxylation is 1. The number of rotatable bonds is 5. The molecule has 0 aliphatic carbocycles. The number of aromatic nitrogens is 2. The average molecular weight is 260 g/mol. The van der Waals surface area contributed by atoms with E-state index in [1.807, 2.05) is 13.1 Å². The van der Waals surface area contributed by atoms with Gasteiger partial charge in [-0.15, -0.1) is 0 Å². The summed E-state index contributed by atoms with van der Waals surface area (Å²) >= 11 is 0. The van der Waals surface area contributed by atoms with Crippen molar-refractivity contribution in [2.75, 3.05) is 12.3 Å². The first kappa shape index (κ1) is 12.9. The van der Waals surface area contributed by atoms with Gasteiger partial charge in [0.25, 0.3) is 5.91 Å². The van der Waals surface area contributed by atoms with E-state index in [0.29, 0.717) is 30.0 Å². The molecule has 1 aromatic heterocycles. The van der Waals surface area contributed by atoms with Crippen LogP contribution >= 0.6 is 0 Å². The van der Waals surface area contributed by atoms with Crippen molar-refractivity contribution in [3.8, 4) is 5.75 Å². The minimum absolute atomic E-state index is 0.296. The fourth-order valence-electron chi connectivity index (χ4n) is 1.81. The van der Waals surface area contributed by atoms with Crippen LogP contribution < -0.4 is 16.2 Å². The van der Waals surface area contributed by atoms with Gasteiger partial charge < -0.3 is 16.2 Å². The molecule has 0 aliphatic heterocycles. The minimum atomic E-state index is -0.553. The van der Waals surface area contributed by atoms with E-state index in [2.05, 4.69) is 5.10 Å². The van der Waals surface area contributed by atoms with Crippen molar-refractivity contribution in [1.29, 1.82) is 0 Å². The van der Waals surface area contributed by atoms with E-state index >= 15 is 0 Å². The highest BCUT2D eigenvalue weighted by Gasteiger charge is 2.12. The van der Waals surface area contributed by atoms with Crippen molar-refractivity contribution < 1.29 is 9.53 Å². The Morgan fingerprint density at radius 2 is 2.21 bits per heavy atom. The fourth-order valence-corrected chi connectivity index (χ4v) is 1.81. The number of benzene rings is 1. The van der Waals surface area contributed by atoms with Crippen LogP contribution in [0.1, 0.15) is 16.1 Å². The van der Waals surface area contributed by atoms with Gasteiger partial charge in [0, 0.05) is 25.4 Å². The number of para-hydroxylation sites is 1. The Balaban J connectivity index is 2.07. The maximum absolute atomic E-state index is 11.3. The van der Waals surface area contributed by atoms with E-state index in [4.69, 9.17) is 16.2 Å². The molecule has 0 saturated carbocycles. The average Bonchev–Trinajstić information content (AvgIpc) is 2.77. The summed E-state index contributed by atoms with van der Waals surface area (Å²) < 4.78 is 7.36. The number of hydrogen-bond donors (Lipinski definition) is 2. The van der Waals surface area contributed by atoms with Crippen LogP contribution in [0.15, 0.2) is 30.5 Å². The molecule has 0 spiro atoms. The molecular formula is C13H16N4O2. The Kier molecular flexibility index (Phi) is 3.70. The molecule has 19 heavy (non-hydrogen) atoms. The van der Waals surface area contributed by atoms with E-state index in [1.165, 1.54) is 0 Å². The number of amides is 1. The summed E-state index contributed by atoms with van der Waals surface area (Å²) in [5.74, 6) is -0.208. The molecule has 0 aliphatic rings. The molecule has 2 aromatic rings. The monoisotopic (exact) mass is 260 g/mol. The molecule has 100 valence electrons. The quantitative estimate of drug-likeness (QED) is 0.774. The van der Waals surface area contributed by atoms with Gasteiger partial charge in [-0.25, -0.2) is 0 Å². The number of anilines is 1. The number of ether oxygens (including phenoxy) is 1. The van der Waals surface area contributed by atoms with Gasteiger partial charge >= 0.3 is 0 Å². The lowest BCUT2D eigenvalue weighted by Gasteiger charge is -2.12. The molecular weight excluding hydrogens is 244 g/mol. The number of nitrogen functional groups attached to an aromatic ring is 1. The number of carbonyl (C=O) groups excluding carboxylic acids is 1. The van der Waals surface area contributed by atoms with Crippen molar-refractivity contribution in [3.05, 3.63) is 41.7 Å². The predicted molar refractivity (Wildman–Crippen MR) is 71.8 cm³/mol. The van der Waals surface area contributed by atoms with Crippen molar-refractivity contribution in [1.82, 2.24) is 9.78 Å². The highest BCUT2D eigenvalue weighted by atomic mass is 16.5. The summed E-state index contributed by atoms with van der Waals surface area (Å²) in [4.78, 5) is 11.3. The third kappa shape index (κ3) is 2.85. The van der Waals surface area contributed by atoms with Crippen molar-refractivity contribution in [2.24, 2.45) is 12.8 Å². The van der Waals surface area contributed by atoms with E-state index < -0.39 is 5.91 Å². The lowest BCUT2D eigenvalue weighted by molar-refractivity contribution is 0.0996. The maximum Gasteiger partial charge on any atom is 0.252 e. The Morgan fingerprint density at radius 3 is 2.84 bits per heavy atom. The van der Waals surface area contributed by atoms with Crippen LogP contribution in [0.4, 0.5) is 5.69 Å². The van der Waals surface area contributed by atoms with Crippen molar-refractivity contribution in [2.45, 2.75) is 6.42 Å². The number of primary amides is 1. The Hall–Kier alpha value is -2.50. The second-order valence-corrected chi connectivity index (χ2v) is 4.13. The van der Waals surface area contributed by atoms with E-state index in [0.717, 1.165) is 5.69 Å². The third-order valence-electron chi connectivity index (χ3n) is 2.84. The molecule has 0 fully saturated rings. The Bertz CT molecular complexity index is 592. The number of nitrogens with two attached hydrogens (primary N) is 2. The summed E-state index contributed by atoms with van der Waals surface area (Å²) in [7, 11) is 1.86. The van der Waals surface area contributed by atoms with Crippen LogP contribution in [0.3, 0.4) is 0 Å². The highest BCUT2D eigenvalue weighted by molar-refractivity contribution is 5.97. The molecule has 1 heterocycles. The van der Waals surface area contributed by atoms with Gasteiger partial charge in [0.1, 0.15) is 0 Å². The van der Waals surface area contributed by atoms with Crippen LogP contribution in [0.2, 0.25) is 0 Å². The molecule has 0 radical (unpaired) electrons. The van der Waals surface area contributed by atoms with Gasteiger partial charge in [0.05, 0.1) is 17.9 Å². The van der Waals surface area contributed by atoms with Gasteiger partial charge in [-0.05, 0) is 18.2 Å². The number of hydrogen-bond acceptors (Lipinski definition) is 4. The zero-order valence-corrected chi connectivity index (χ0v) is 10.7. The summed E-state index contributed by atoms with van der Waals surface area (Å²) in [5, 5.41) is 4.07. The molecule has 0 unspecified atom stereocenters. The molecule has 4 N–H and O–H groups in total. The first-order valence-electron chi connectivity index (χ1n) is 5.87. The van der Waals surface area contributed by atoms with E-state index in [1.54, 1.807) is 29.1 Å². The zero-order valence-electron chi connectivity index (χ0n) is 10.7. The SMILES string of the molecule is Cn1nccc1CCOc1c(N)cccc1C(N)=O. The molecule has 0 saturated heterocycles. The minimum Gasteiger partial charge on any atom is -0.490 e. The summed E-state index contributed by atoms with van der Waals surface area (Å²) in [5.41, 5.74) is 12.8. The van der Waals surface area contributed by atoms with Gasteiger partial charge in [-0.2, -0.15) is 5.10 Å². The molecule has 0 bridgehead atoms. The summed E-state index contributed by atoms with van der Waals surface area (Å²) in [6.45, 7) is 0.397. The van der Waals surface area contributed by atoms with Crippen LogP contribution in [-0.4, -0.2) is 22.3 Å². The van der Waals surface area contributed by atoms with E-state index in [-0.39, 0.29) is 0 Å². The lowest BCUT2D eigenvalue weighted by atomic mass is 10.1. The van der Waals surface area contributed by atoms with Crippen LogP contribution in [-0.2, 0) is 13.5 Å². The first-order chi connectivity index (χ1) is 9.09. The smallest absolute Gasteiger partial charge is 0.252 e.